The molecule has 0 fully saturated rings. The van der Waals surface area contributed by atoms with Gasteiger partial charge in [0, 0.05) is 17.8 Å². The summed E-state index contributed by atoms with van der Waals surface area (Å²) in [6.07, 6.45) is 0.936. The van der Waals surface area contributed by atoms with Gasteiger partial charge in [-0.25, -0.2) is 0 Å². The van der Waals surface area contributed by atoms with Crippen molar-refractivity contribution in [3.05, 3.63) is 33.9 Å². The van der Waals surface area contributed by atoms with Gasteiger partial charge >= 0.3 is 0 Å². The summed E-state index contributed by atoms with van der Waals surface area (Å²) in [5.41, 5.74) is 0.616. The van der Waals surface area contributed by atoms with Crippen LogP contribution >= 0.6 is 0 Å². The third-order valence-corrected chi connectivity index (χ3v) is 2.91. The quantitative estimate of drug-likeness (QED) is 0.639. The highest BCUT2D eigenvalue weighted by Crippen LogP contribution is 2.24. The third kappa shape index (κ3) is 3.20. The Labute approximate surface area is 107 Å². The molecule has 1 aromatic rings. The Morgan fingerprint density at radius 1 is 1.50 bits per heavy atom. The standard InChI is InChI=1S/C13H17N3O2/c1-4-12(9(2)3)15-11-6-5-10(8-14)13(7-11)16(17)18/h5-7,9,12,15H,4H2,1-3H3. The van der Waals surface area contributed by atoms with Gasteiger partial charge in [-0.15, -0.1) is 0 Å². The summed E-state index contributed by atoms with van der Waals surface area (Å²) in [7, 11) is 0. The lowest BCUT2D eigenvalue weighted by Crippen LogP contribution is -2.24. The van der Waals surface area contributed by atoms with Crippen LogP contribution in [0.3, 0.4) is 0 Å². The van der Waals surface area contributed by atoms with Crippen LogP contribution in [-0.2, 0) is 0 Å². The zero-order valence-corrected chi connectivity index (χ0v) is 10.8. The van der Waals surface area contributed by atoms with E-state index >= 15 is 0 Å². The average Bonchev–Trinajstić information content (AvgIpc) is 2.35. The molecule has 0 saturated carbocycles. The lowest BCUT2D eigenvalue weighted by molar-refractivity contribution is -0.385. The molecule has 0 aliphatic rings. The maximum absolute atomic E-state index is 10.8. The van der Waals surface area contributed by atoms with Crippen LogP contribution in [0.5, 0.6) is 0 Å². The number of nitrogens with one attached hydrogen (secondary N) is 1. The van der Waals surface area contributed by atoms with E-state index < -0.39 is 4.92 Å². The van der Waals surface area contributed by atoms with Gasteiger partial charge in [0.1, 0.15) is 11.6 Å². The van der Waals surface area contributed by atoms with Gasteiger partial charge < -0.3 is 5.32 Å². The smallest absolute Gasteiger partial charge is 0.289 e. The van der Waals surface area contributed by atoms with Crippen molar-refractivity contribution in [2.75, 3.05) is 5.32 Å². The second-order valence-corrected chi connectivity index (χ2v) is 4.50. The number of benzene rings is 1. The molecule has 1 aromatic carbocycles. The zero-order chi connectivity index (χ0) is 13.7. The van der Waals surface area contributed by atoms with Crippen molar-refractivity contribution in [2.24, 2.45) is 5.92 Å². The molecule has 0 aliphatic heterocycles. The van der Waals surface area contributed by atoms with Crippen molar-refractivity contribution in [3.63, 3.8) is 0 Å². The van der Waals surface area contributed by atoms with Crippen molar-refractivity contribution in [3.8, 4) is 6.07 Å². The molecular weight excluding hydrogens is 230 g/mol. The van der Waals surface area contributed by atoms with E-state index in [4.69, 9.17) is 5.26 Å². The molecule has 0 bridgehead atoms. The summed E-state index contributed by atoms with van der Waals surface area (Å²) in [5, 5.41) is 22.9. The SMILES string of the molecule is CCC(Nc1ccc(C#N)c([N+](=O)[O-])c1)C(C)C. The number of hydrogen-bond donors (Lipinski definition) is 1. The highest BCUT2D eigenvalue weighted by atomic mass is 16.6. The van der Waals surface area contributed by atoms with Gasteiger partial charge in [-0.05, 0) is 24.5 Å². The normalized spacial score (nSPS) is 11.9. The number of nitrogens with zero attached hydrogens (tertiary/aromatic N) is 2. The summed E-state index contributed by atoms with van der Waals surface area (Å²) in [4.78, 5) is 10.3. The van der Waals surface area contributed by atoms with E-state index in [1.54, 1.807) is 6.07 Å². The van der Waals surface area contributed by atoms with Crippen molar-refractivity contribution in [1.29, 1.82) is 5.26 Å². The Morgan fingerprint density at radius 3 is 2.61 bits per heavy atom. The lowest BCUT2D eigenvalue weighted by atomic mass is 10.0. The molecule has 0 radical (unpaired) electrons. The number of nitro groups is 1. The summed E-state index contributed by atoms with van der Waals surface area (Å²) < 4.78 is 0. The van der Waals surface area contributed by atoms with Gasteiger partial charge in [-0.1, -0.05) is 20.8 Å². The molecular formula is C13H17N3O2. The monoisotopic (exact) mass is 247 g/mol. The molecule has 0 aliphatic carbocycles. The molecule has 5 nitrogen and oxygen atoms in total. The Morgan fingerprint density at radius 2 is 2.17 bits per heavy atom. The molecule has 1 N–H and O–H groups in total. The molecule has 18 heavy (non-hydrogen) atoms. The lowest BCUT2D eigenvalue weighted by Gasteiger charge is -2.21. The molecule has 96 valence electrons. The zero-order valence-electron chi connectivity index (χ0n) is 10.8. The van der Waals surface area contributed by atoms with Crippen LogP contribution in [-0.4, -0.2) is 11.0 Å². The number of rotatable bonds is 5. The van der Waals surface area contributed by atoms with Crippen molar-refractivity contribution < 1.29 is 4.92 Å². The van der Waals surface area contributed by atoms with Gasteiger partial charge in [0.15, 0.2) is 0 Å². The number of nitro benzene ring substituents is 1. The molecule has 0 spiro atoms. The van der Waals surface area contributed by atoms with Crippen LogP contribution in [0.2, 0.25) is 0 Å². The van der Waals surface area contributed by atoms with E-state index in [1.165, 1.54) is 12.1 Å². The summed E-state index contributed by atoms with van der Waals surface area (Å²) >= 11 is 0. The molecule has 0 heterocycles. The molecule has 0 amide bonds. The van der Waals surface area contributed by atoms with Gasteiger partial charge in [-0.2, -0.15) is 5.26 Å². The fourth-order valence-corrected chi connectivity index (χ4v) is 1.82. The summed E-state index contributed by atoms with van der Waals surface area (Å²) in [6.45, 7) is 6.26. The largest absolute Gasteiger partial charge is 0.382 e. The molecule has 5 heteroatoms. The van der Waals surface area contributed by atoms with E-state index in [1.807, 2.05) is 6.07 Å². The van der Waals surface area contributed by atoms with Crippen molar-refractivity contribution >= 4 is 11.4 Å². The topological polar surface area (TPSA) is 79.0 Å². The average molecular weight is 247 g/mol. The van der Waals surface area contributed by atoms with Crippen molar-refractivity contribution in [1.82, 2.24) is 0 Å². The van der Waals surface area contributed by atoms with Gasteiger partial charge in [0.2, 0.25) is 0 Å². The van der Waals surface area contributed by atoms with Crippen LogP contribution in [0.4, 0.5) is 11.4 Å². The fraction of sp³-hybridized carbons (Fsp3) is 0.462. The van der Waals surface area contributed by atoms with Crippen LogP contribution < -0.4 is 5.32 Å². The van der Waals surface area contributed by atoms with Crippen LogP contribution in [0.25, 0.3) is 0 Å². The minimum absolute atomic E-state index is 0.0862. The van der Waals surface area contributed by atoms with E-state index in [2.05, 4.69) is 26.1 Å². The minimum Gasteiger partial charge on any atom is -0.382 e. The Bertz CT molecular complexity index is 478. The summed E-state index contributed by atoms with van der Waals surface area (Å²) in [5.74, 6) is 0.435. The molecule has 1 atom stereocenters. The highest BCUT2D eigenvalue weighted by Gasteiger charge is 2.16. The first-order chi connectivity index (χ1) is 8.49. The predicted octanol–water partition coefficient (Wildman–Crippen LogP) is 3.31. The predicted molar refractivity (Wildman–Crippen MR) is 70.4 cm³/mol. The molecule has 1 rings (SSSR count). The first-order valence-corrected chi connectivity index (χ1v) is 5.94. The van der Waals surface area contributed by atoms with E-state index in [-0.39, 0.29) is 17.3 Å². The van der Waals surface area contributed by atoms with Gasteiger partial charge in [0.25, 0.3) is 5.69 Å². The van der Waals surface area contributed by atoms with Gasteiger partial charge in [-0.3, -0.25) is 10.1 Å². The van der Waals surface area contributed by atoms with Crippen LogP contribution in [0.15, 0.2) is 18.2 Å². The second-order valence-electron chi connectivity index (χ2n) is 4.50. The highest BCUT2D eigenvalue weighted by molar-refractivity contribution is 5.59. The molecule has 0 aromatic heterocycles. The third-order valence-electron chi connectivity index (χ3n) is 2.91. The van der Waals surface area contributed by atoms with Crippen LogP contribution in [0.1, 0.15) is 32.8 Å². The molecule has 0 saturated heterocycles. The van der Waals surface area contributed by atoms with Crippen molar-refractivity contribution in [2.45, 2.75) is 33.2 Å². The first-order valence-electron chi connectivity index (χ1n) is 5.94. The first kappa shape index (κ1) is 14.0. The van der Waals surface area contributed by atoms with E-state index in [0.29, 0.717) is 11.6 Å². The molecule has 1 unspecified atom stereocenters. The second kappa shape index (κ2) is 6.01. The number of anilines is 1. The minimum atomic E-state index is -0.528. The summed E-state index contributed by atoms with van der Waals surface area (Å²) in [6, 6.07) is 6.69. The number of nitriles is 1. The number of hydrogen-bond acceptors (Lipinski definition) is 4. The Hall–Kier alpha value is -2.09. The maximum atomic E-state index is 10.8. The maximum Gasteiger partial charge on any atom is 0.289 e. The van der Waals surface area contributed by atoms with E-state index in [9.17, 15) is 10.1 Å². The Balaban J connectivity index is 3.02. The van der Waals surface area contributed by atoms with E-state index in [0.717, 1.165) is 6.42 Å². The van der Waals surface area contributed by atoms with Gasteiger partial charge in [0.05, 0.1) is 4.92 Å². The van der Waals surface area contributed by atoms with Crippen LogP contribution in [0, 0.1) is 27.4 Å². The Kier molecular flexibility index (Phi) is 4.67. The fourth-order valence-electron chi connectivity index (χ4n) is 1.82.